The molecule has 3 heterocycles. The molecule has 1 aromatic carbocycles. The number of rotatable bonds is 4. The first-order chi connectivity index (χ1) is 14.1. The number of hydrogen-bond donors (Lipinski definition) is 1. The fraction of sp³-hybridized carbons (Fsp3) is 0.318. The van der Waals surface area contributed by atoms with Gasteiger partial charge in [0.05, 0.1) is 19.8 Å². The summed E-state index contributed by atoms with van der Waals surface area (Å²) >= 11 is 0. The zero-order valence-corrected chi connectivity index (χ0v) is 16.5. The number of nitrogens with one attached hydrogen (secondary N) is 1. The van der Waals surface area contributed by atoms with Crippen molar-refractivity contribution < 1.29 is 14.3 Å². The van der Waals surface area contributed by atoms with Crippen molar-refractivity contribution in [2.24, 2.45) is 0 Å². The summed E-state index contributed by atoms with van der Waals surface area (Å²) < 4.78 is 10.6. The van der Waals surface area contributed by atoms with Crippen molar-refractivity contribution in [2.45, 2.75) is 18.8 Å². The molecular formula is C22H23N3O4. The number of pyridine rings is 2. The third kappa shape index (κ3) is 3.68. The van der Waals surface area contributed by atoms with Gasteiger partial charge in [0.1, 0.15) is 17.0 Å². The Labute approximate surface area is 168 Å². The number of benzene rings is 1. The lowest BCUT2D eigenvalue weighted by Gasteiger charge is -2.33. The summed E-state index contributed by atoms with van der Waals surface area (Å²) in [6, 6.07) is 10.9. The van der Waals surface area contributed by atoms with Gasteiger partial charge >= 0.3 is 0 Å². The van der Waals surface area contributed by atoms with Crippen LogP contribution in [0, 0.1) is 0 Å². The number of H-pyrrole nitrogens is 1. The van der Waals surface area contributed by atoms with Gasteiger partial charge in [0.25, 0.3) is 11.5 Å². The van der Waals surface area contributed by atoms with Gasteiger partial charge < -0.3 is 19.4 Å². The maximum absolute atomic E-state index is 13.2. The lowest BCUT2D eigenvalue weighted by Crippen LogP contribution is -2.39. The Bertz CT molecular complexity index is 1110. The molecule has 0 bridgehead atoms. The number of carbonyl (C=O) groups is 1. The van der Waals surface area contributed by atoms with E-state index >= 15 is 0 Å². The minimum Gasteiger partial charge on any atom is -0.497 e. The first-order valence-electron chi connectivity index (χ1n) is 9.60. The molecule has 7 nitrogen and oxygen atoms in total. The van der Waals surface area contributed by atoms with E-state index in [-0.39, 0.29) is 17.4 Å². The molecule has 0 unspecified atom stereocenters. The van der Waals surface area contributed by atoms with Gasteiger partial charge in [-0.2, -0.15) is 0 Å². The Kier molecular flexibility index (Phi) is 5.20. The number of carbonyl (C=O) groups excluding carboxylic acids is 1. The molecule has 1 amide bonds. The SMILES string of the molecule is COc1ccc(C(=O)N2CCC[C@@H](c3cc4cccnc4c(=O)[nH]3)C2)c(OC)c1. The highest BCUT2D eigenvalue weighted by Crippen LogP contribution is 2.30. The number of piperidine rings is 1. The summed E-state index contributed by atoms with van der Waals surface area (Å²) in [5, 5.41) is 0.812. The van der Waals surface area contributed by atoms with Crippen LogP contribution in [0.25, 0.3) is 10.9 Å². The van der Waals surface area contributed by atoms with Crippen LogP contribution in [0.15, 0.2) is 47.4 Å². The minimum atomic E-state index is -0.196. The van der Waals surface area contributed by atoms with Gasteiger partial charge in [0, 0.05) is 42.4 Å². The van der Waals surface area contributed by atoms with Crippen LogP contribution in [0.4, 0.5) is 0 Å². The Balaban J connectivity index is 1.60. The summed E-state index contributed by atoms with van der Waals surface area (Å²) in [7, 11) is 3.11. The number of amides is 1. The Morgan fingerprint density at radius 1 is 1.21 bits per heavy atom. The van der Waals surface area contributed by atoms with E-state index in [1.165, 1.54) is 0 Å². The summed E-state index contributed by atoms with van der Waals surface area (Å²) in [6.07, 6.45) is 3.38. The largest absolute Gasteiger partial charge is 0.497 e. The average molecular weight is 393 g/mol. The Hall–Kier alpha value is -3.35. The second-order valence-electron chi connectivity index (χ2n) is 7.15. The van der Waals surface area contributed by atoms with Gasteiger partial charge in [-0.3, -0.25) is 14.6 Å². The molecule has 2 aromatic heterocycles. The molecule has 1 aliphatic rings. The summed E-state index contributed by atoms with van der Waals surface area (Å²) in [6.45, 7) is 1.21. The van der Waals surface area contributed by atoms with Crippen LogP contribution < -0.4 is 15.0 Å². The second-order valence-corrected chi connectivity index (χ2v) is 7.15. The van der Waals surface area contributed by atoms with Gasteiger partial charge in [-0.25, -0.2) is 0 Å². The number of nitrogens with zero attached hydrogens (tertiary/aromatic N) is 2. The quantitative estimate of drug-likeness (QED) is 0.737. The number of ether oxygens (including phenoxy) is 2. The maximum atomic E-state index is 13.2. The standard InChI is InChI=1S/C22H23N3O4/c1-28-16-7-8-17(19(12-16)29-2)22(27)25-10-4-6-15(13-25)18-11-14-5-3-9-23-20(14)21(26)24-18/h3,5,7-9,11-12,15H,4,6,10,13H2,1-2H3,(H,24,26)/t15-/m1/s1. The van der Waals surface area contributed by atoms with Crippen molar-refractivity contribution in [3.05, 3.63) is 64.2 Å². The van der Waals surface area contributed by atoms with Crippen LogP contribution in [0.5, 0.6) is 11.5 Å². The predicted octanol–water partition coefficient (Wildman–Crippen LogP) is 2.96. The van der Waals surface area contributed by atoms with Crippen molar-refractivity contribution in [1.29, 1.82) is 0 Å². The number of methoxy groups -OCH3 is 2. The first kappa shape index (κ1) is 19.0. The van der Waals surface area contributed by atoms with Crippen LogP contribution >= 0.6 is 0 Å². The van der Waals surface area contributed by atoms with Crippen LogP contribution in [-0.2, 0) is 0 Å². The first-order valence-corrected chi connectivity index (χ1v) is 9.60. The number of likely N-dealkylation sites (tertiary alicyclic amines) is 1. The number of fused-ring (bicyclic) bond motifs is 1. The highest BCUT2D eigenvalue weighted by atomic mass is 16.5. The Morgan fingerprint density at radius 2 is 2.07 bits per heavy atom. The number of hydrogen-bond acceptors (Lipinski definition) is 5. The van der Waals surface area contributed by atoms with Crippen molar-refractivity contribution in [3.63, 3.8) is 0 Å². The fourth-order valence-electron chi connectivity index (χ4n) is 3.90. The van der Waals surface area contributed by atoms with Crippen LogP contribution in [0.2, 0.25) is 0 Å². The normalized spacial score (nSPS) is 16.6. The molecule has 0 saturated carbocycles. The van der Waals surface area contributed by atoms with Crippen LogP contribution in [0.1, 0.15) is 34.8 Å². The van der Waals surface area contributed by atoms with Crippen LogP contribution in [0.3, 0.4) is 0 Å². The number of aromatic amines is 1. The van der Waals surface area contributed by atoms with E-state index in [4.69, 9.17) is 9.47 Å². The van der Waals surface area contributed by atoms with E-state index in [9.17, 15) is 9.59 Å². The smallest absolute Gasteiger partial charge is 0.274 e. The third-order valence-electron chi connectivity index (χ3n) is 5.41. The molecule has 150 valence electrons. The lowest BCUT2D eigenvalue weighted by molar-refractivity contribution is 0.0702. The zero-order valence-electron chi connectivity index (χ0n) is 16.5. The lowest BCUT2D eigenvalue weighted by atomic mass is 9.93. The van der Waals surface area contributed by atoms with Gasteiger partial charge in [-0.05, 0) is 37.1 Å². The fourth-order valence-corrected chi connectivity index (χ4v) is 3.90. The van der Waals surface area contributed by atoms with E-state index in [2.05, 4.69) is 9.97 Å². The van der Waals surface area contributed by atoms with Crippen molar-refractivity contribution in [3.8, 4) is 11.5 Å². The van der Waals surface area contributed by atoms with Gasteiger partial charge in [-0.1, -0.05) is 6.07 Å². The minimum absolute atomic E-state index is 0.0641. The van der Waals surface area contributed by atoms with Gasteiger partial charge in [0.15, 0.2) is 0 Å². The molecule has 4 rings (SSSR count). The monoisotopic (exact) mass is 393 g/mol. The molecule has 29 heavy (non-hydrogen) atoms. The van der Waals surface area contributed by atoms with E-state index in [0.29, 0.717) is 35.7 Å². The van der Waals surface area contributed by atoms with Crippen LogP contribution in [-0.4, -0.2) is 48.1 Å². The molecule has 7 heteroatoms. The molecule has 1 N–H and O–H groups in total. The van der Waals surface area contributed by atoms with E-state index in [1.54, 1.807) is 38.6 Å². The van der Waals surface area contributed by atoms with Crippen molar-refractivity contribution in [1.82, 2.24) is 14.9 Å². The highest BCUT2D eigenvalue weighted by Gasteiger charge is 2.28. The highest BCUT2D eigenvalue weighted by molar-refractivity contribution is 5.97. The zero-order chi connectivity index (χ0) is 20.4. The van der Waals surface area contributed by atoms with E-state index < -0.39 is 0 Å². The molecule has 1 saturated heterocycles. The summed E-state index contributed by atoms with van der Waals surface area (Å²) in [5.74, 6) is 1.10. The molecule has 0 aliphatic carbocycles. The second kappa shape index (κ2) is 7.95. The number of aromatic nitrogens is 2. The topological polar surface area (TPSA) is 84.5 Å². The van der Waals surface area contributed by atoms with Crippen molar-refractivity contribution in [2.75, 3.05) is 27.3 Å². The van der Waals surface area contributed by atoms with E-state index in [1.807, 2.05) is 23.1 Å². The molecule has 3 aromatic rings. The molecule has 0 radical (unpaired) electrons. The van der Waals surface area contributed by atoms with Crippen molar-refractivity contribution >= 4 is 16.8 Å². The molecule has 1 fully saturated rings. The van der Waals surface area contributed by atoms with Gasteiger partial charge in [0.2, 0.25) is 0 Å². The Morgan fingerprint density at radius 3 is 2.86 bits per heavy atom. The predicted molar refractivity (Wildman–Crippen MR) is 110 cm³/mol. The summed E-state index contributed by atoms with van der Waals surface area (Å²) in [5.41, 5.74) is 1.58. The van der Waals surface area contributed by atoms with E-state index in [0.717, 1.165) is 23.9 Å². The molecular weight excluding hydrogens is 370 g/mol. The molecule has 1 aliphatic heterocycles. The maximum Gasteiger partial charge on any atom is 0.274 e. The molecule has 1 atom stereocenters. The summed E-state index contributed by atoms with van der Waals surface area (Å²) in [4.78, 5) is 34.5. The average Bonchev–Trinajstić information content (AvgIpc) is 2.78. The van der Waals surface area contributed by atoms with Gasteiger partial charge in [-0.15, -0.1) is 0 Å². The molecule has 0 spiro atoms. The third-order valence-corrected chi connectivity index (χ3v) is 5.41.